The molecule has 0 saturated carbocycles. The van der Waals surface area contributed by atoms with Crippen LogP contribution in [0.15, 0.2) is 128 Å². The standard InChI is InChI=1S/C80H115F5/c1-61(2)62-28-38-71(39-29-62)77(5,6)52-19-16-25-63(26-17-21-57-82)67-30-44-74(45-31-67)79(9,10)54-48-64(23-14-15-24-65(49-58-83)69-36-46-75(47-37-69)80(11,12)55-60-85)68-32-40-73(41-33-68)78(7,8)53-22-27-66(50-59-84)70-34-42-72(43-35-70)76(3,4)51-18-13-20-56-81/h28-47,63-66H,1,13-27,48-60H2,2-12H3. The van der Waals surface area contributed by atoms with E-state index in [1.807, 2.05) is 0 Å². The molecule has 0 fully saturated rings. The van der Waals surface area contributed by atoms with Gasteiger partial charge in [0.1, 0.15) is 0 Å². The first-order valence-corrected chi connectivity index (χ1v) is 33.5. The number of hydrogen-bond donors (Lipinski definition) is 0. The lowest BCUT2D eigenvalue weighted by Crippen LogP contribution is -2.19. The third kappa shape index (κ3) is 22.5. The second-order valence-electron chi connectivity index (χ2n) is 29.1. The van der Waals surface area contributed by atoms with Gasteiger partial charge >= 0.3 is 0 Å². The van der Waals surface area contributed by atoms with Gasteiger partial charge in [0.15, 0.2) is 0 Å². The van der Waals surface area contributed by atoms with Crippen molar-refractivity contribution in [3.8, 4) is 0 Å². The van der Waals surface area contributed by atoms with Crippen molar-refractivity contribution >= 4 is 5.57 Å². The molecule has 0 aliphatic carbocycles. The van der Waals surface area contributed by atoms with Crippen molar-refractivity contribution in [3.05, 3.63) is 184 Å². The Morgan fingerprint density at radius 1 is 0.282 bits per heavy atom. The second-order valence-corrected chi connectivity index (χ2v) is 29.1. The lowest BCUT2D eigenvalue weighted by atomic mass is 9.75. The van der Waals surface area contributed by atoms with Gasteiger partial charge in [0.05, 0.1) is 33.4 Å². The van der Waals surface area contributed by atoms with Gasteiger partial charge in [-0.2, -0.15) is 0 Å². The molecular weight excluding hydrogens is 1060 g/mol. The van der Waals surface area contributed by atoms with E-state index in [-0.39, 0.29) is 72.3 Å². The summed E-state index contributed by atoms with van der Waals surface area (Å²) >= 11 is 0. The van der Waals surface area contributed by atoms with Gasteiger partial charge in [0.2, 0.25) is 0 Å². The number of halogens is 5. The van der Waals surface area contributed by atoms with Gasteiger partial charge in [0, 0.05) is 0 Å². The molecule has 5 rings (SSSR count). The highest BCUT2D eigenvalue weighted by Gasteiger charge is 2.28. The van der Waals surface area contributed by atoms with Crippen LogP contribution in [-0.2, 0) is 27.1 Å². The lowest BCUT2D eigenvalue weighted by molar-refractivity contribution is 0.377. The molecule has 4 unspecified atom stereocenters. The normalized spacial score (nSPS) is 14.1. The highest BCUT2D eigenvalue weighted by Crippen LogP contribution is 2.41. The molecule has 0 saturated heterocycles. The van der Waals surface area contributed by atoms with E-state index in [1.54, 1.807) is 0 Å². The summed E-state index contributed by atoms with van der Waals surface area (Å²) in [4.78, 5) is 0. The number of allylic oxidation sites excluding steroid dienone is 1. The Kier molecular flexibility index (Phi) is 29.2. The van der Waals surface area contributed by atoms with Crippen molar-refractivity contribution in [2.24, 2.45) is 0 Å². The fourth-order valence-electron chi connectivity index (χ4n) is 13.6. The minimum Gasteiger partial charge on any atom is -0.251 e. The summed E-state index contributed by atoms with van der Waals surface area (Å²) in [6.07, 6.45) is 21.3. The lowest BCUT2D eigenvalue weighted by Gasteiger charge is -2.30. The molecule has 85 heavy (non-hydrogen) atoms. The zero-order valence-electron chi connectivity index (χ0n) is 55.3. The molecule has 0 aliphatic rings. The van der Waals surface area contributed by atoms with Crippen molar-refractivity contribution in [3.63, 3.8) is 0 Å². The summed E-state index contributed by atoms with van der Waals surface area (Å²) in [6.45, 7) is 27.6. The van der Waals surface area contributed by atoms with Gasteiger partial charge in [-0.25, -0.2) is 0 Å². The molecule has 0 N–H and O–H groups in total. The molecule has 5 aromatic rings. The van der Waals surface area contributed by atoms with Crippen LogP contribution in [0.5, 0.6) is 0 Å². The Bertz CT molecular complexity index is 2620. The zero-order valence-corrected chi connectivity index (χ0v) is 55.3. The van der Waals surface area contributed by atoms with Crippen molar-refractivity contribution in [2.75, 3.05) is 33.4 Å². The number of hydrogen-bond acceptors (Lipinski definition) is 0. The number of unbranched alkanes of at least 4 members (excludes halogenated alkanes) is 5. The van der Waals surface area contributed by atoms with Crippen LogP contribution in [-0.4, -0.2) is 33.4 Å². The fraction of sp³-hybridized carbons (Fsp3) is 0.600. The summed E-state index contributed by atoms with van der Waals surface area (Å²) < 4.78 is 67.8. The Labute approximate surface area is 516 Å². The zero-order chi connectivity index (χ0) is 62.1. The highest BCUT2D eigenvalue weighted by molar-refractivity contribution is 5.61. The Morgan fingerprint density at radius 3 is 0.906 bits per heavy atom. The van der Waals surface area contributed by atoms with E-state index in [0.29, 0.717) is 43.9 Å². The first kappa shape index (κ1) is 71.2. The van der Waals surface area contributed by atoms with E-state index in [2.05, 4.69) is 204 Å². The van der Waals surface area contributed by atoms with E-state index >= 15 is 0 Å². The quantitative estimate of drug-likeness (QED) is 0.0270. The molecule has 0 radical (unpaired) electrons. The number of alkyl halides is 5. The maximum atomic E-state index is 14.1. The van der Waals surface area contributed by atoms with Crippen LogP contribution in [0.2, 0.25) is 0 Å². The maximum Gasteiger partial charge on any atom is 0.0902 e. The molecule has 0 heterocycles. The highest BCUT2D eigenvalue weighted by atomic mass is 19.1. The minimum absolute atomic E-state index is 0.0168. The SMILES string of the molecule is C=C(C)c1ccc(C(C)(C)CCCCC(CCCCF)c2ccc(C(C)(C)CCC(CCCCC(CCF)c3ccc(C(C)(C)CCF)cc3)c3ccc(C(C)(C)CCCC(CCF)c4ccc(C(C)(C)CCCCCF)cc4)cc3)cc2)cc1. The number of rotatable bonds is 42. The van der Waals surface area contributed by atoms with Crippen molar-refractivity contribution in [2.45, 2.75) is 275 Å². The molecule has 0 aromatic heterocycles. The van der Waals surface area contributed by atoms with Crippen molar-refractivity contribution in [1.29, 1.82) is 0 Å². The predicted molar refractivity (Wildman–Crippen MR) is 359 cm³/mol. The molecule has 0 bridgehead atoms. The molecule has 0 amide bonds. The molecule has 0 nitrogen and oxygen atoms in total. The van der Waals surface area contributed by atoms with Crippen molar-refractivity contribution < 1.29 is 22.0 Å². The molecule has 4 atom stereocenters. The van der Waals surface area contributed by atoms with E-state index in [1.165, 1.54) is 50.1 Å². The van der Waals surface area contributed by atoms with Gasteiger partial charge in [-0.1, -0.05) is 254 Å². The van der Waals surface area contributed by atoms with Crippen LogP contribution in [0.3, 0.4) is 0 Å². The molecule has 5 aromatic carbocycles. The van der Waals surface area contributed by atoms with Crippen molar-refractivity contribution in [1.82, 2.24) is 0 Å². The van der Waals surface area contributed by atoms with Crippen LogP contribution < -0.4 is 0 Å². The smallest absolute Gasteiger partial charge is 0.0902 e. The maximum absolute atomic E-state index is 14.1. The summed E-state index contributed by atoms with van der Waals surface area (Å²) in [5.74, 6) is 1.11. The topological polar surface area (TPSA) is 0 Å². The van der Waals surface area contributed by atoms with Gasteiger partial charge in [-0.3, -0.25) is 22.0 Å². The average Bonchev–Trinajstić information content (AvgIpc) is 3.59. The minimum atomic E-state index is -0.349. The molecule has 0 aliphatic heterocycles. The summed E-state index contributed by atoms with van der Waals surface area (Å²) in [5, 5.41) is 0. The van der Waals surface area contributed by atoms with Gasteiger partial charge in [-0.15, -0.1) is 0 Å². The van der Waals surface area contributed by atoms with Gasteiger partial charge in [0.25, 0.3) is 0 Å². The Morgan fingerprint density at radius 2 is 0.553 bits per heavy atom. The van der Waals surface area contributed by atoms with E-state index in [9.17, 15) is 22.0 Å². The summed E-state index contributed by atoms with van der Waals surface area (Å²) in [7, 11) is 0. The third-order valence-electron chi connectivity index (χ3n) is 20.3. The molecule has 5 heteroatoms. The fourth-order valence-corrected chi connectivity index (χ4v) is 13.6. The van der Waals surface area contributed by atoms with E-state index in [0.717, 1.165) is 127 Å². The Balaban J connectivity index is 1.28. The van der Waals surface area contributed by atoms with Crippen LogP contribution in [0, 0.1) is 0 Å². The molecule has 0 spiro atoms. The third-order valence-corrected chi connectivity index (χ3v) is 20.3. The first-order chi connectivity index (χ1) is 40.5. The number of benzene rings is 5. The van der Waals surface area contributed by atoms with Gasteiger partial charge < -0.3 is 0 Å². The van der Waals surface area contributed by atoms with Gasteiger partial charge in [-0.05, 0) is 210 Å². The summed E-state index contributed by atoms with van der Waals surface area (Å²) in [6, 6.07) is 45.4. The Hall–Kier alpha value is -4.51. The summed E-state index contributed by atoms with van der Waals surface area (Å²) in [5.41, 5.74) is 13.7. The average molecular weight is 1170 g/mol. The van der Waals surface area contributed by atoms with Crippen LogP contribution in [0.25, 0.3) is 5.57 Å². The molecule has 470 valence electrons. The predicted octanol–water partition coefficient (Wildman–Crippen LogP) is 25.1. The first-order valence-electron chi connectivity index (χ1n) is 33.5. The second kappa shape index (κ2) is 34.9. The van der Waals surface area contributed by atoms with Crippen LogP contribution in [0.1, 0.15) is 303 Å². The largest absolute Gasteiger partial charge is 0.251 e. The van der Waals surface area contributed by atoms with Crippen LogP contribution in [0.4, 0.5) is 22.0 Å². The van der Waals surface area contributed by atoms with E-state index in [4.69, 9.17) is 0 Å². The van der Waals surface area contributed by atoms with E-state index < -0.39 is 0 Å². The van der Waals surface area contributed by atoms with Crippen LogP contribution >= 0.6 is 0 Å². The monoisotopic (exact) mass is 1170 g/mol. The molecular formula is C80H115F5.